The van der Waals surface area contributed by atoms with Gasteiger partial charge in [0.05, 0.1) is 23.8 Å². The van der Waals surface area contributed by atoms with Crippen LogP contribution in [0.25, 0.3) is 10.9 Å². The molecule has 0 amide bonds. The Balaban J connectivity index is 0.000000185. The van der Waals surface area contributed by atoms with Crippen LogP contribution < -0.4 is 0 Å². The fourth-order valence-corrected chi connectivity index (χ4v) is 2.02. The molecule has 3 rings (SSSR count). The highest BCUT2D eigenvalue weighted by Crippen LogP contribution is 2.12. The Bertz CT molecular complexity index is 862. The third-order valence-corrected chi connectivity index (χ3v) is 3.12. The van der Waals surface area contributed by atoms with Crippen LogP contribution in [0.15, 0.2) is 65.8 Å². The maximum atomic E-state index is 10.5. The molecule has 0 bridgehead atoms. The van der Waals surface area contributed by atoms with Gasteiger partial charge in [0.2, 0.25) is 0 Å². The van der Waals surface area contributed by atoms with E-state index >= 15 is 0 Å². The SMILES string of the molecule is O=C(O)Cc1ccc2ccccc2n1.ON=Cc1ccccc1O. The maximum absolute atomic E-state index is 10.5. The number of oxime groups is 1. The van der Waals surface area contributed by atoms with Crippen LogP contribution in [0.3, 0.4) is 0 Å². The number of fused-ring (bicyclic) bond motifs is 1. The van der Waals surface area contributed by atoms with E-state index in [1.54, 1.807) is 24.3 Å². The van der Waals surface area contributed by atoms with Gasteiger partial charge < -0.3 is 15.4 Å². The molecule has 3 N–H and O–H groups in total. The minimum Gasteiger partial charge on any atom is -0.507 e. The molecule has 0 fully saturated rings. The summed E-state index contributed by atoms with van der Waals surface area (Å²) in [6.07, 6.45) is 1.15. The number of aromatic nitrogens is 1. The number of aromatic hydroxyl groups is 1. The number of carboxylic acid groups (broad SMARTS) is 1. The Morgan fingerprint density at radius 1 is 1.04 bits per heavy atom. The minimum atomic E-state index is -0.854. The van der Waals surface area contributed by atoms with Crippen molar-refractivity contribution in [2.45, 2.75) is 6.42 Å². The van der Waals surface area contributed by atoms with Crippen LogP contribution >= 0.6 is 0 Å². The summed E-state index contributed by atoms with van der Waals surface area (Å²) < 4.78 is 0. The van der Waals surface area contributed by atoms with Gasteiger partial charge in [-0.2, -0.15) is 0 Å². The van der Waals surface area contributed by atoms with Gasteiger partial charge in [0.25, 0.3) is 0 Å². The second-order valence-corrected chi connectivity index (χ2v) is 4.87. The molecule has 0 atom stereocenters. The summed E-state index contributed by atoms with van der Waals surface area (Å²) >= 11 is 0. The summed E-state index contributed by atoms with van der Waals surface area (Å²) in [5.74, 6) is -0.743. The first-order valence-electron chi connectivity index (χ1n) is 7.12. The van der Waals surface area contributed by atoms with Crippen molar-refractivity contribution in [2.24, 2.45) is 5.16 Å². The van der Waals surface area contributed by atoms with Gasteiger partial charge in [-0.25, -0.2) is 0 Å². The van der Waals surface area contributed by atoms with Crippen LogP contribution in [0.1, 0.15) is 11.3 Å². The molecule has 122 valence electrons. The van der Waals surface area contributed by atoms with E-state index in [9.17, 15) is 4.79 Å². The first-order chi connectivity index (χ1) is 11.6. The predicted molar refractivity (Wildman–Crippen MR) is 90.6 cm³/mol. The number of phenolic OH excluding ortho intramolecular Hbond substituents is 1. The van der Waals surface area contributed by atoms with E-state index in [4.69, 9.17) is 15.4 Å². The number of phenols is 1. The van der Waals surface area contributed by atoms with Crippen molar-refractivity contribution in [3.05, 3.63) is 71.9 Å². The van der Waals surface area contributed by atoms with Crippen LogP contribution in [0.2, 0.25) is 0 Å². The highest BCUT2D eigenvalue weighted by atomic mass is 16.4. The van der Waals surface area contributed by atoms with Gasteiger partial charge in [-0.1, -0.05) is 41.6 Å². The summed E-state index contributed by atoms with van der Waals surface area (Å²) in [5.41, 5.74) is 1.94. The zero-order valence-electron chi connectivity index (χ0n) is 12.7. The molecule has 0 aliphatic heterocycles. The number of carboxylic acids is 1. The smallest absolute Gasteiger partial charge is 0.309 e. The molecule has 6 nitrogen and oxygen atoms in total. The number of hydrogen-bond acceptors (Lipinski definition) is 5. The van der Waals surface area contributed by atoms with Gasteiger partial charge >= 0.3 is 5.97 Å². The molecule has 2 aromatic carbocycles. The quantitative estimate of drug-likeness (QED) is 0.390. The van der Waals surface area contributed by atoms with Crippen molar-refractivity contribution in [3.63, 3.8) is 0 Å². The van der Waals surface area contributed by atoms with Gasteiger partial charge in [0, 0.05) is 10.9 Å². The summed E-state index contributed by atoms with van der Waals surface area (Å²) in [4.78, 5) is 14.7. The molecule has 3 aromatic rings. The van der Waals surface area contributed by atoms with Crippen LogP contribution in [0.5, 0.6) is 5.75 Å². The number of benzene rings is 2. The Hall–Kier alpha value is -3.41. The van der Waals surface area contributed by atoms with Gasteiger partial charge in [-0.3, -0.25) is 9.78 Å². The number of para-hydroxylation sites is 2. The van der Waals surface area contributed by atoms with E-state index in [0.717, 1.165) is 10.9 Å². The fourth-order valence-electron chi connectivity index (χ4n) is 2.02. The Morgan fingerprint density at radius 2 is 1.75 bits per heavy atom. The first-order valence-corrected chi connectivity index (χ1v) is 7.12. The Morgan fingerprint density at radius 3 is 2.46 bits per heavy atom. The largest absolute Gasteiger partial charge is 0.507 e. The normalized spacial score (nSPS) is 10.3. The third kappa shape index (κ3) is 4.81. The lowest BCUT2D eigenvalue weighted by molar-refractivity contribution is -0.136. The van der Waals surface area contributed by atoms with Crippen molar-refractivity contribution in [1.29, 1.82) is 0 Å². The molecular weight excluding hydrogens is 308 g/mol. The van der Waals surface area contributed by atoms with Crippen molar-refractivity contribution < 1.29 is 20.2 Å². The highest BCUT2D eigenvalue weighted by molar-refractivity contribution is 5.82. The molecule has 0 unspecified atom stereocenters. The van der Waals surface area contributed by atoms with E-state index in [1.165, 1.54) is 12.3 Å². The van der Waals surface area contributed by atoms with E-state index < -0.39 is 5.97 Å². The van der Waals surface area contributed by atoms with Crippen LogP contribution in [-0.2, 0) is 11.2 Å². The van der Waals surface area contributed by atoms with Crippen LogP contribution in [0, 0.1) is 0 Å². The molecule has 0 aliphatic rings. The number of carbonyl (C=O) groups is 1. The predicted octanol–water partition coefficient (Wildman–Crippen LogP) is 3.06. The maximum Gasteiger partial charge on any atom is 0.309 e. The van der Waals surface area contributed by atoms with Crippen molar-refractivity contribution in [3.8, 4) is 5.75 Å². The average Bonchev–Trinajstić information content (AvgIpc) is 2.57. The molecule has 0 saturated carbocycles. The molecule has 1 heterocycles. The lowest BCUT2D eigenvalue weighted by atomic mass is 10.2. The highest BCUT2D eigenvalue weighted by Gasteiger charge is 2.02. The Kier molecular flexibility index (Phi) is 5.85. The first kappa shape index (κ1) is 17.0. The minimum absolute atomic E-state index is 0.0230. The molecule has 1 aromatic heterocycles. The number of hydrogen-bond donors (Lipinski definition) is 3. The topological polar surface area (TPSA) is 103 Å². The summed E-state index contributed by atoms with van der Waals surface area (Å²) in [6.45, 7) is 0. The molecule has 0 saturated heterocycles. The van der Waals surface area contributed by atoms with E-state index in [1.807, 2.05) is 30.3 Å². The van der Waals surface area contributed by atoms with E-state index in [0.29, 0.717) is 11.3 Å². The second kappa shape index (κ2) is 8.28. The van der Waals surface area contributed by atoms with Gasteiger partial charge in [-0.15, -0.1) is 0 Å². The van der Waals surface area contributed by atoms with Crippen LogP contribution in [0.4, 0.5) is 0 Å². The summed E-state index contributed by atoms with van der Waals surface area (Å²) in [7, 11) is 0. The summed E-state index contributed by atoms with van der Waals surface area (Å²) in [5, 5.41) is 29.6. The third-order valence-electron chi connectivity index (χ3n) is 3.12. The molecule has 6 heteroatoms. The van der Waals surface area contributed by atoms with Crippen LogP contribution in [-0.4, -0.2) is 32.6 Å². The zero-order chi connectivity index (χ0) is 17.4. The molecule has 0 radical (unpaired) electrons. The van der Waals surface area contributed by atoms with Crippen molar-refractivity contribution >= 4 is 23.1 Å². The number of rotatable bonds is 3. The fraction of sp³-hybridized carbons (Fsp3) is 0.0556. The zero-order valence-corrected chi connectivity index (χ0v) is 12.7. The summed E-state index contributed by atoms with van der Waals surface area (Å²) in [6, 6.07) is 17.9. The number of aliphatic carboxylic acids is 1. The lowest BCUT2D eigenvalue weighted by Gasteiger charge is -1.99. The molecule has 0 spiro atoms. The standard InChI is InChI=1S/C11H9NO2.C7H7NO2/c13-11(14)7-9-6-5-8-3-1-2-4-10(8)12-9;9-7-4-2-1-3-6(7)5-8-10/h1-6H,7H2,(H,13,14);1-5,9-10H. The second-order valence-electron chi connectivity index (χ2n) is 4.87. The van der Waals surface area contributed by atoms with E-state index in [-0.39, 0.29) is 12.2 Å². The average molecular weight is 324 g/mol. The van der Waals surface area contributed by atoms with Gasteiger partial charge in [-0.05, 0) is 24.3 Å². The number of pyridine rings is 1. The molecular formula is C18H16N2O4. The van der Waals surface area contributed by atoms with Gasteiger partial charge in [0.1, 0.15) is 5.75 Å². The molecule has 24 heavy (non-hydrogen) atoms. The monoisotopic (exact) mass is 324 g/mol. The van der Waals surface area contributed by atoms with E-state index in [2.05, 4.69) is 10.1 Å². The van der Waals surface area contributed by atoms with Crippen molar-refractivity contribution in [1.82, 2.24) is 4.98 Å². The Labute approximate surface area is 138 Å². The molecule has 0 aliphatic carbocycles. The lowest BCUT2D eigenvalue weighted by Crippen LogP contribution is -2.01. The van der Waals surface area contributed by atoms with Gasteiger partial charge in [0.15, 0.2) is 0 Å². The van der Waals surface area contributed by atoms with Crippen molar-refractivity contribution in [2.75, 3.05) is 0 Å². The number of nitrogens with zero attached hydrogens (tertiary/aromatic N) is 2.